The van der Waals surface area contributed by atoms with Gasteiger partial charge in [-0.3, -0.25) is 4.98 Å². The zero-order valence-electron chi connectivity index (χ0n) is 13.1. The van der Waals surface area contributed by atoms with Crippen LogP contribution in [0.5, 0.6) is 0 Å². The second-order valence-electron chi connectivity index (χ2n) is 5.63. The Morgan fingerprint density at radius 3 is 2.79 bits per heavy atom. The van der Waals surface area contributed by atoms with Gasteiger partial charge in [0.15, 0.2) is 0 Å². The van der Waals surface area contributed by atoms with Gasteiger partial charge in [-0.2, -0.15) is 11.3 Å². The van der Waals surface area contributed by atoms with E-state index >= 15 is 0 Å². The highest BCUT2D eigenvalue weighted by atomic mass is 32.1. The molecule has 3 nitrogen and oxygen atoms in total. The third-order valence-corrected chi connectivity index (χ3v) is 5.65. The molecule has 0 aliphatic heterocycles. The van der Waals surface area contributed by atoms with Crippen LogP contribution in [0.3, 0.4) is 0 Å². The topological polar surface area (TPSA) is 37.8 Å². The molecule has 0 saturated heterocycles. The second-order valence-corrected chi connectivity index (χ2v) is 7.34. The van der Waals surface area contributed by atoms with Gasteiger partial charge in [-0.1, -0.05) is 24.3 Å². The molecule has 0 bridgehead atoms. The minimum absolute atomic E-state index is 0.221. The highest BCUT2D eigenvalue weighted by Gasteiger charge is 2.15. The molecule has 0 aliphatic carbocycles. The van der Waals surface area contributed by atoms with Crippen molar-refractivity contribution in [3.8, 4) is 0 Å². The third kappa shape index (κ3) is 3.38. The van der Waals surface area contributed by atoms with Crippen LogP contribution in [0.25, 0.3) is 10.9 Å². The lowest BCUT2D eigenvalue weighted by atomic mass is 10.1. The maximum atomic E-state index is 4.55. The molecule has 0 aliphatic rings. The van der Waals surface area contributed by atoms with E-state index in [2.05, 4.69) is 56.4 Å². The number of thiophene rings is 1. The molecular weight excluding hydrogens is 334 g/mol. The standard InChI is InChI=1S/C19H17N3S2/c1-3-15-5-2-7-20-18(15)16(4-1)12-22-17(19-21-8-10-24-19)11-14-6-9-23-13-14/h1-10,13,17,22H,11-12H2. The van der Waals surface area contributed by atoms with Gasteiger partial charge in [0.25, 0.3) is 0 Å². The number of hydrogen-bond acceptors (Lipinski definition) is 5. The van der Waals surface area contributed by atoms with E-state index in [1.807, 2.05) is 23.8 Å². The Morgan fingerprint density at radius 2 is 1.96 bits per heavy atom. The maximum absolute atomic E-state index is 4.55. The van der Waals surface area contributed by atoms with Crippen molar-refractivity contribution < 1.29 is 0 Å². The van der Waals surface area contributed by atoms with Crippen LogP contribution in [0.15, 0.2) is 64.9 Å². The number of nitrogens with one attached hydrogen (secondary N) is 1. The number of rotatable bonds is 6. The molecule has 0 amide bonds. The van der Waals surface area contributed by atoms with E-state index < -0.39 is 0 Å². The summed E-state index contributed by atoms with van der Waals surface area (Å²) in [6.45, 7) is 0.780. The molecule has 4 aromatic rings. The summed E-state index contributed by atoms with van der Waals surface area (Å²) in [5.41, 5.74) is 3.64. The van der Waals surface area contributed by atoms with Crippen molar-refractivity contribution in [3.05, 3.63) is 81.1 Å². The molecule has 0 radical (unpaired) electrons. The summed E-state index contributed by atoms with van der Waals surface area (Å²) >= 11 is 3.45. The third-order valence-electron chi connectivity index (χ3n) is 4.02. The Bertz CT molecular complexity index is 896. The summed E-state index contributed by atoms with van der Waals surface area (Å²) in [5.74, 6) is 0. The van der Waals surface area contributed by atoms with Crippen molar-refractivity contribution in [1.82, 2.24) is 15.3 Å². The van der Waals surface area contributed by atoms with Gasteiger partial charge in [-0.05, 0) is 40.4 Å². The zero-order valence-corrected chi connectivity index (χ0v) is 14.7. The van der Waals surface area contributed by atoms with Crippen LogP contribution in [0.2, 0.25) is 0 Å². The lowest BCUT2D eigenvalue weighted by Crippen LogP contribution is -2.23. The van der Waals surface area contributed by atoms with Crippen molar-refractivity contribution in [2.24, 2.45) is 0 Å². The molecule has 3 aromatic heterocycles. The van der Waals surface area contributed by atoms with Crippen LogP contribution in [0.4, 0.5) is 0 Å². The van der Waals surface area contributed by atoms with E-state index in [0.717, 1.165) is 23.5 Å². The number of nitrogens with zero attached hydrogens (tertiary/aromatic N) is 2. The molecule has 1 N–H and O–H groups in total. The summed E-state index contributed by atoms with van der Waals surface area (Å²) in [6.07, 6.45) is 4.69. The first kappa shape index (κ1) is 15.4. The summed E-state index contributed by atoms with van der Waals surface area (Å²) in [7, 11) is 0. The van der Waals surface area contributed by atoms with Crippen LogP contribution in [0, 0.1) is 0 Å². The zero-order chi connectivity index (χ0) is 16.2. The minimum Gasteiger partial charge on any atom is -0.303 e. The van der Waals surface area contributed by atoms with Gasteiger partial charge < -0.3 is 5.32 Å². The Labute approximate surface area is 149 Å². The molecule has 4 rings (SSSR count). The summed E-state index contributed by atoms with van der Waals surface area (Å²) in [4.78, 5) is 9.06. The van der Waals surface area contributed by atoms with E-state index in [0.29, 0.717) is 0 Å². The Kier molecular flexibility index (Phi) is 4.64. The van der Waals surface area contributed by atoms with E-state index in [-0.39, 0.29) is 6.04 Å². The van der Waals surface area contributed by atoms with Crippen LogP contribution >= 0.6 is 22.7 Å². The molecule has 120 valence electrons. The van der Waals surface area contributed by atoms with Gasteiger partial charge in [0.05, 0.1) is 11.6 Å². The molecule has 1 aromatic carbocycles. The van der Waals surface area contributed by atoms with Crippen LogP contribution < -0.4 is 5.32 Å². The largest absolute Gasteiger partial charge is 0.303 e. The SMILES string of the molecule is c1cnc2c(CNC(Cc3ccsc3)c3nccs3)cccc2c1. The number of benzene rings is 1. The predicted octanol–water partition coefficient (Wildman–Crippen LogP) is 4.83. The van der Waals surface area contributed by atoms with Crippen LogP contribution in [-0.4, -0.2) is 9.97 Å². The fourth-order valence-corrected chi connectivity index (χ4v) is 4.24. The molecule has 0 fully saturated rings. The first-order valence-electron chi connectivity index (χ1n) is 7.86. The number of hydrogen-bond donors (Lipinski definition) is 1. The normalized spacial score (nSPS) is 12.5. The molecule has 0 spiro atoms. The van der Waals surface area contributed by atoms with Gasteiger partial charge in [0.2, 0.25) is 0 Å². The maximum Gasteiger partial charge on any atom is 0.110 e. The van der Waals surface area contributed by atoms with Crippen molar-refractivity contribution >= 4 is 33.6 Å². The van der Waals surface area contributed by atoms with E-state index in [9.17, 15) is 0 Å². The molecule has 5 heteroatoms. The second kappa shape index (κ2) is 7.21. The quantitative estimate of drug-likeness (QED) is 0.541. The van der Waals surface area contributed by atoms with Gasteiger partial charge in [-0.15, -0.1) is 11.3 Å². The average Bonchev–Trinajstić information content (AvgIpc) is 3.32. The van der Waals surface area contributed by atoms with Gasteiger partial charge in [0, 0.05) is 29.7 Å². The molecule has 3 heterocycles. The molecule has 0 saturated carbocycles. The monoisotopic (exact) mass is 351 g/mol. The first-order chi connectivity index (χ1) is 11.9. The Hall–Kier alpha value is -2.08. The highest BCUT2D eigenvalue weighted by Crippen LogP contribution is 2.23. The van der Waals surface area contributed by atoms with E-state index in [1.54, 1.807) is 22.7 Å². The van der Waals surface area contributed by atoms with Crippen molar-refractivity contribution in [2.45, 2.75) is 19.0 Å². The van der Waals surface area contributed by atoms with Gasteiger partial charge in [0.1, 0.15) is 5.01 Å². The molecular formula is C19H17N3S2. The van der Waals surface area contributed by atoms with Crippen molar-refractivity contribution in [3.63, 3.8) is 0 Å². The number of aromatic nitrogens is 2. The fourth-order valence-electron chi connectivity index (χ4n) is 2.84. The number of pyridine rings is 1. The molecule has 24 heavy (non-hydrogen) atoms. The predicted molar refractivity (Wildman–Crippen MR) is 101 cm³/mol. The van der Waals surface area contributed by atoms with E-state index in [1.165, 1.54) is 16.5 Å². The van der Waals surface area contributed by atoms with Crippen molar-refractivity contribution in [1.29, 1.82) is 0 Å². The first-order valence-corrected chi connectivity index (χ1v) is 9.69. The Balaban J connectivity index is 1.56. The average molecular weight is 352 g/mol. The molecule has 1 unspecified atom stereocenters. The molecule has 1 atom stereocenters. The van der Waals surface area contributed by atoms with Gasteiger partial charge in [-0.25, -0.2) is 4.98 Å². The number of para-hydroxylation sites is 1. The van der Waals surface area contributed by atoms with Crippen LogP contribution in [0.1, 0.15) is 22.2 Å². The number of thiazole rings is 1. The number of fused-ring (bicyclic) bond motifs is 1. The summed E-state index contributed by atoms with van der Waals surface area (Å²) in [5, 5.41) is 12.4. The smallest absolute Gasteiger partial charge is 0.110 e. The lowest BCUT2D eigenvalue weighted by molar-refractivity contribution is 0.529. The highest BCUT2D eigenvalue weighted by molar-refractivity contribution is 7.09. The summed E-state index contributed by atoms with van der Waals surface area (Å²) < 4.78 is 0. The minimum atomic E-state index is 0.221. The van der Waals surface area contributed by atoms with E-state index in [4.69, 9.17) is 0 Å². The fraction of sp³-hybridized carbons (Fsp3) is 0.158. The van der Waals surface area contributed by atoms with Gasteiger partial charge >= 0.3 is 0 Å². The Morgan fingerprint density at radius 1 is 1.00 bits per heavy atom. The summed E-state index contributed by atoms with van der Waals surface area (Å²) in [6, 6.07) is 12.8. The lowest BCUT2D eigenvalue weighted by Gasteiger charge is -2.17. The van der Waals surface area contributed by atoms with Crippen LogP contribution in [-0.2, 0) is 13.0 Å². The van der Waals surface area contributed by atoms with Crippen molar-refractivity contribution in [2.75, 3.05) is 0 Å².